The average molecular weight is 473 g/mol. The fraction of sp³-hybridized carbons (Fsp3) is 0.192. The van der Waals surface area contributed by atoms with Crippen molar-refractivity contribution in [3.05, 3.63) is 98.3 Å². The average Bonchev–Trinajstić information content (AvgIpc) is 3.13. The first kappa shape index (κ1) is 22.1. The molecular formula is C26H25ClN6O. The number of pyridine rings is 3. The molecule has 0 unspecified atom stereocenters. The van der Waals surface area contributed by atoms with E-state index in [1.54, 1.807) is 12.4 Å². The van der Waals surface area contributed by atoms with E-state index in [0.717, 1.165) is 44.4 Å². The third-order valence-corrected chi connectivity index (χ3v) is 6.34. The van der Waals surface area contributed by atoms with Gasteiger partial charge < -0.3 is 20.6 Å². The summed E-state index contributed by atoms with van der Waals surface area (Å²) in [6.07, 6.45) is 5.39. The topological polar surface area (TPSA) is 102 Å². The second-order valence-electron chi connectivity index (χ2n) is 8.56. The van der Waals surface area contributed by atoms with Gasteiger partial charge in [-0.25, -0.2) is 4.98 Å². The number of nitrogens with two attached hydrogens (primary N) is 1. The molecule has 7 nitrogen and oxygen atoms in total. The summed E-state index contributed by atoms with van der Waals surface area (Å²) in [7, 11) is 0. The SMILES string of the molecule is Cc1cc(N)nc(C)c1CNCc1cn(Cc2ccc3ncc(Cl)cc3c2)c2cc[nH]c(=O)c12. The fourth-order valence-corrected chi connectivity index (χ4v) is 4.70. The monoisotopic (exact) mass is 472 g/mol. The number of fused-ring (bicyclic) bond motifs is 2. The second kappa shape index (κ2) is 8.93. The van der Waals surface area contributed by atoms with Crippen LogP contribution in [0.5, 0.6) is 0 Å². The molecule has 5 rings (SSSR count). The lowest BCUT2D eigenvalue weighted by Gasteiger charge is -2.11. The van der Waals surface area contributed by atoms with Crippen molar-refractivity contribution in [3.8, 4) is 0 Å². The van der Waals surface area contributed by atoms with Gasteiger partial charge in [-0.15, -0.1) is 0 Å². The van der Waals surface area contributed by atoms with Crippen LogP contribution in [0.15, 0.2) is 59.8 Å². The number of benzene rings is 1. The molecule has 0 spiro atoms. The third kappa shape index (κ3) is 4.27. The normalized spacial score (nSPS) is 11.5. The van der Waals surface area contributed by atoms with Crippen molar-refractivity contribution in [3.63, 3.8) is 0 Å². The van der Waals surface area contributed by atoms with E-state index < -0.39 is 0 Å². The minimum Gasteiger partial charge on any atom is -0.384 e. The summed E-state index contributed by atoms with van der Waals surface area (Å²) in [6, 6.07) is 11.9. The Bertz CT molecular complexity index is 1560. The summed E-state index contributed by atoms with van der Waals surface area (Å²) >= 11 is 6.13. The molecule has 34 heavy (non-hydrogen) atoms. The zero-order valence-corrected chi connectivity index (χ0v) is 19.8. The van der Waals surface area contributed by atoms with Crippen molar-refractivity contribution in [1.29, 1.82) is 0 Å². The molecule has 0 radical (unpaired) electrons. The molecule has 172 valence electrons. The largest absolute Gasteiger partial charge is 0.384 e. The van der Waals surface area contributed by atoms with Crippen LogP contribution in [0.2, 0.25) is 5.02 Å². The van der Waals surface area contributed by atoms with Crippen molar-refractivity contribution in [2.45, 2.75) is 33.5 Å². The smallest absolute Gasteiger partial charge is 0.257 e. The van der Waals surface area contributed by atoms with Gasteiger partial charge in [0.15, 0.2) is 0 Å². The Morgan fingerprint density at radius 3 is 2.82 bits per heavy atom. The number of aryl methyl sites for hydroxylation is 2. The number of nitrogens with zero attached hydrogens (tertiary/aromatic N) is 3. The Labute approximate surface area is 201 Å². The van der Waals surface area contributed by atoms with Crippen LogP contribution in [0.3, 0.4) is 0 Å². The van der Waals surface area contributed by atoms with Crippen LogP contribution in [0.4, 0.5) is 5.82 Å². The van der Waals surface area contributed by atoms with Crippen LogP contribution in [0, 0.1) is 13.8 Å². The number of aromatic nitrogens is 4. The standard InChI is InChI=1S/C26H25ClN6O/c1-15-7-24(28)32-16(2)21(15)12-29-10-19-14-33(23-5-6-30-26(34)25(19)23)13-17-3-4-22-18(8-17)9-20(27)11-31-22/h3-9,11,14,29H,10,12-13H2,1-2H3,(H2,28,32)(H,30,34). The molecule has 5 aromatic rings. The predicted molar refractivity (Wildman–Crippen MR) is 137 cm³/mol. The Hall–Kier alpha value is -3.68. The maximum Gasteiger partial charge on any atom is 0.257 e. The first-order valence-electron chi connectivity index (χ1n) is 11.1. The number of halogens is 1. The maximum atomic E-state index is 12.7. The van der Waals surface area contributed by atoms with E-state index in [1.807, 2.05) is 44.3 Å². The Balaban J connectivity index is 1.43. The number of nitrogen functional groups attached to an aromatic ring is 1. The van der Waals surface area contributed by atoms with Crippen LogP contribution >= 0.6 is 11.6 Å². The highest BCUT2D eigenvalue weighted by molar-refractivity contribution is 6.31. The van der Waals surface area contributed by atoms with Crippen LogP contribution in [-0.2, 0) is 19.6 Å². The van der Waals surface area contributed by atoms with E-state index in [2.05, 4.69) is 37.0 Å². The quantitative estimate of drug-likeness (QED) is 0.338. The summed E-state index contributed by atoms with van der Waals surface area (Å²) in [5, 5.41) is 5.77. The van der Waals surface area contributed by atoms with Crippen LogP contribution in [0.1, 0.15) is 27.9 Å². The number of anilines is 1. The second-order valence-corrected chi connectivity index (χ2v) is 9.00. The van der Waals surface area contributed by atoms with Gasteiger partial charge in [0.25, 0.3) is 5.56 Å². The molecule has 0 aliphatic heterocycles. The summed E-state index contributed by atoms with van der Waals surface area (Å²) in [4.78, 5) is 24.3. The first-order chi connectivity index (χ1) is 16.4. The van der Waals surface area contributed by atoms with Crippen LogP contribution in [0.25, 0.3) is 21.8 Å². The molecule has 1 aromatic carbocycles. The summed E-state index contributed by atoms with van der Waals surface area (Å²) in [5.41, 5.74) is 12.7. The maximum absolute atomic E-state index is 12.7. The molecule has 0 saturated heterocycles. The van der Waals surface area contributed by atoms with E-state index in [0.29, 0.717) is 35.9 Å². The van der Waals surface area contributed by atoms with Gasteiger partial charge in [-0.05, 0) is 66.4 Å². The van der Waals surface area contributed by atoms with E-state index in [9.17, 15) is 4.79 Å². The third-order valence-electron chi connectivity index (χ3n) is 6.14. The van der Waals surface area contributed by atoms with Crippen molar-refractivity contribution in [1.82, 2.24) is 24.8 Å². The number of aromatic amines is 1. The first-order valence-corrected chi connectivity index (χ1v) is 11.4. The molecule has 0 aliphatic rings. The van der Waals surface area contributed by atoms with E-state index >= 15 is 0 Å². The zero-order chi connectivity index (χ0) is 23.8. The molecule has 4 heterocycles. The summed E-state index contributed by atoms with van der Waals surface area (Å²) in [5.74, 6) is 0.528. The van der Waals surface area contributed by atoms with Crippen molar-refractivity contribution in [2.75, 3.05) is 5.73 Å². The molecule has 0 fully saturated rings. The predicted octanol–water partition coefficient (Wildman–Crippen LogP) is 4.46. The van der Waals surface area contributed by atoms with Crippen molar-refractivity contribution >= 4 is 39.2 Å². The van der Waals surface area contributed by atoms with Gasteiger partial charge in [0.05, 0.1) is 21.4 Å². The summed E-state index contributed by atoms with van der Waals surface area (Å²) < 4.78 is 2.11. The van der Waals surface area contributed by atoms with Gasteiger partial charge in [-0.3, -0.25) is 9.78 Å². The van der Waals surface area contributed by atoms with Gasteiger partial charge >= 0.3 is 0 Å². The highest BCUT2D eigenvalue weighted by Crippen LogP contribution is 2.23. The lowest BCUT2D eigenvalue weighted by Crippen LogP contribution is -2.16. The van der Waals surface area contributed by atoms with Crippen LogP contribution < -0.4 is 16.6 Å². The van der Waals surface area contributed by atoms with E-state index in [4.69, 9.17) is 17.3 Å². The molecule has 8 heteroatoms. The van der Waals surface area contributed by atoms with Crippen LogP contribution in [-0.4, -0.2) is 19.5 Å². The minimum absolute atomic E-state index is 0.0935. The molecule has 0 bridgehead atoms. The molecule has 0 saturated carbocycles. The minimum atomic E-state index is -0.0935. The summed E-state index contributed by atoms with van der Waals surface area (Å²) in [6.45, 7) is 5.81. The molecule has 4 aromatic heterocycles. The number of hydrogen-bond acceptors (Lipinski definition) is 5. The van der Waals surface area contributed by atoms with Crippen molar-refractivity contribution in [2.24, 2.45) is 0 Å². The lowest BCUT2D eigenvalue weighted by atomic mass is 10.1. The zero-order valence-electron chi connectivity index (χ0n) is 19.0. The Kier molecular flexibility index (Phi) is 5.81. The van der Waals surface area contributed by atoms with Gasteiger partial charge in [0.1, 0.15) is 5.82 Å². The molecule has 4 N–H and O–H groups in total. The van der Waals surface area contributed by atoms with Gasteiger partial charge in [0.2, 0.25) is 0 Å². The van der Waals surface area contributed by atoms with E-state index in [1.165, 1.54) is 0 Å². The fourth-order valence-electron chi connectivity index (χ4n) is 4.53. The van der Waals surface area contributed by atoms with Gasteiger partial charge in [0, 0.05) is 49.3 Å². The molecule has 0 atom stereocenters. The molecule has 0 aliphatic carbocycles. The van der Waals surface area contributed by atoms with Gasteiger partial charge in [-0.2, -0.15) is 0 Å². The molecular weight excluding hydrogens is 448 g/mol. The van der Waals surface area contributed by atoms with Crippen molar-refractivity contribution < 1.29 is 0 Å². The molecule has 0 amide bonds. The Morgan fingerprint density at radius 1 is 1.15 bits per heavy atom. The number of H-pyrrole nitrogens is 1. The Morgan fingerprint density at radius 2 is 2.00 bits per heavy atom. The highest BCUT2D eigenvalue weighted by atomic mass is 35.5. The number of hydrogen-bond donors (Lipinski definition) is 3. The highest BCUT2D eigenvalue weighted by Gasteiger charge is 2.13. The number of nitrogens with one attached hydrogen (secondary N) is 2. The van der Waals surface area contributed by atoms with E-state index in [-0.39, 0.29) is 5.56 Å². The number of rotatable bonds is 6. The van der Waals surface area contributed by atoms with Gasteiger partial charge in [-0.1, -0.05) is 17.7 Å². The lowest BCUT2D eigenvalue weighted by molar-refractivity contribution is 0.684.